The molecule has 0 radical (unpaired) electrons. The second kappa shape index (κ2) is 8.49. The largest absolute Gasteiger partial charge is 0.491 e. The molecule has 24 heavy (non-hydrogen) atoms. The first kappa shape index (κ1) is 17.2. The Hall–Kier alpha value is -3.13. The second-order valence-electron chi connectivity index (χ2n) is 4.93. The van der Waals surface area contributed by atoms with E-state index in [1.807, 2.05) is 30.3 Å². The number of benzene rings is 2. The molecule has 0 saturated heterocycles. The SMILES string of the molecule is NC(=NCC(O)COc1ccc([N+](=O)[O-])cc1)Nc1ccccc1. The van der Waals surface area contributed by atoms with E-state index in [0.29, 0.717) is 5.75 Å². The summed E-state index contributed by atoms with van der Waals surface area (Å²) in [6.07, 6.45) is -0.851. The van der Waals surface area contributed by atoms with E-state index in [0.717, 1.165) is 5.69 Å². The number of nitro benzene ring substituents is 1. The van der Waals surface area contributed by atoms with Crippen LogP contribution in [0.25, 0.3) is 0 Å². The molecule has 0 aliphatic rings. The molecule has 1 atom stereocenters. The summed E-state index contributed by atoms with van der Waals surface area (Å²) >= 11 is 0. The smallest absolute Gasteiger partial charge is 0.269 e. The topological polar surface area (TPSA) is 123 Å². The van der Waals surface area contributed by atoms with E-state index < -0.39 is 11.0 Å². The monoisotopic (exact) mass is 330 g/mol. The standard InChI is InChI=1S/C16H18N4O4/c17-16(19-12-4-2-1-3-5-12)18-10-14(21)11-24-15-8-6-13(7-9-15)20(22)23/h1-9,14,21H,10-11H2,(H3,17,18,19). The van der Waals surface area contributed by atoms with E-state index in [1.54, 1.807) is 0 Å². The summed E-state index contributed by atoms with van der Waals surface area (Å²) in [7, 11) is 0. The van der Waals surface area contributed by atoms with Crippen LogP contribution in [0, 0.1) is 10.1 Å². The maximum atomic E-state index is 10.6. The van der Waals surface area contributed by atoms with Gasteiger partial charge in [0.2, 0.25) is 0 Å². The number of nitrogens with zero attached hydrogens (tertiary/aromatic N) is 2. The number of hydrogen-bond acceptors (Lipinski definition) is 5. The molecule has 0 amide bonds. The molecular formula is C16H18N4O4. The van der Waals surface area contributed by atoms with Gasteiger partial charge in [-0.25, -0.2) is 0 Å². The van der Waals surface area contributed by atoms with Gasteiger partial charge < -0.3 is 20.9 Å². The van der Waals surface area contributed by atoms with Crippen LogP contribution in [0.4, 0.5) is 11.4 Å². The molecule has 0 saturated carbocycles. The maximum Gasteiger partial charge on any atom is 0.269 e. The third-order valence-electron chi connectivity index (χ3n) is 3.01. The van der Waals surface area contributed by atoms with Crippen molar-refractivity contribution < 1.29 is 14.8 Å². The molecule has 4 N–H and O–H groups in total. The van der Waals surface area contributed by atoms with Gasteiger partial charge >= 0.3 is 0 Å². The van der Waals surface area contributed by atoms with Gasteiger partial charge in [0.1, 0.15) is 18.5 Å². The lowest BCUT2D eigenvalue weighted by Crippen LogP contribution is -2.27. The van der Waals surface area contributed by atoms with Crippen LogP contribution >= 0.6 is 0 Å². The van der Waals surface area contributed by atoms with Gasteiger partial charge in [-0.15, -0.1) is 0 Å². The Morgan fingerprint density at radius 2 is 1.92 bits per heavy atom. The van der Waals surface area contributed by atoms with E-state index in [-0.39, 0.29) is 24.8 Å². The number of guanidine groups is 1. The minimum atomic E-state index is -0.851. The summed E-state index contributed by atoms with van der Waals surface area (Å²) in [5, 5.41) is 23.3. The third-order valence-corrected chi connectivity index (χ3v) is 3.01. The van der Waals surface area contributed by atoms with Crippen molar-refractivity contribution in [2.45, 2.75) is 6.10 Å². The quantitative estimate of drug-likeness (QED) is 0.308. The number of anilines is 1. The normalized spacial score (nSPS) is 12.5. The molecule has 0 aliphatic heterocycles. The Balaban J connectivity index is 1.77. The third kappa shape index (κ3) is 5.58. The first-order valence-electron chi connectivity index (χ1n) is 7.22. The zero-order valence-corrected chi connectivity index (χ0v) is 12.8. The van der Waals surface area contributed by atoms with Crippen LogP contribution in [0.5, 0.6) is 5.75 Å². The van der Waals surface area contributed by atoms with Crippen molar-refractivity contribution in [1.82, 2.24) is 0 Å². The Bertz CT molecular complexity index is 689. The van der Waals surface area contributed by atoms with Crippen LogP contribution in [-0.4, -0.2) is 35.2 Å². The summed E-state index contributed by atoms with van der Waals surface area (Å²) < 4.78 is 5.35. The number of rotatable bonds is 7. The second-order valence-corrected chi connectivity index (χ2v) is 4.93. The molecule has 126 valence electrons. The molecule has 2 aromatic rings. The summed E-state index contributed by atoms with van der Waals surface area (Å²) in [5.41, 5.74) is 6.51. The number of nitrogens with one attached hydrogen (secondary N) is 1. The molecule has 8 heteroatoms. The molecular weight excluding hydrogens is 312 g/mol. The van der Waals surface area contributed by atoms with Crippen molar-refractivity contribution in [2.24, 2.45) is 10.7 Å². The zero-order chi connectivity index (χ0) is 17.4. The van der Waals surface area contributed by atoms with Crippen LogP contribution in [-0.2, 0) is 0 Å². The molecule has 0 fully saturated rings. The number of aliphatic hydroxyl groups is 1. The number of ether oxygens (including phenoxy) is 1. The molecule has 2 aromatic carbocycles. The van der Waals surface area contributed by atoms with Crippen molar-refractivity contribution in [2.75, 3.05) is 18.5 Å². The number of aliphatic hydroxyl groups excluding tert-OH is 1. The van der Waals surface area contributed by atoms with Crippen LogP contribution < -0.4 is 15.8 Å². The van der Waals surface area contributed by atoms with E-state index in [1.165, 1.54) is 24.3 Å². The molecule has 0 bridgehead atoms. The van der Waals surface area contributed by atoms with Crippen LogP contribution in [0.2, 0.25) is 0 Å². The van der Waals surface area contributed by atoms with Gasteiger partial charge in [0.05, 0.1) is 11.5 Å². The molecule has 0 heterocycles. The average Bonchev–Trinajstić information content (AvgIpc) is 2.59. The Morgan fingerprint density at radius 1 is 1.25 bits per heavy atom. The minimum absolute atomic E-state index is 0.0000715. The lowest BCUT2D eigenvalue weighted by Gasteiger charge is -2.11. The molecule has 8 nitrogen and oxygen atoms in total. The summed E-state index contributed by atoms with van der Waals surface area (Å²) in [5.74, 6) is 0.620. The highest BCUT2D eigenvalue weighted by Gasteiger charge is 2.07. The number of nitro groups is 1. The predicted molar refractivity (Wildman–Crippen MR) is 91.2 cm³/mol. The first-order valence-corrected chi connectivity index (χ1v) is 7.22. The molecule has 1 unspecified atom stereocenters. The summed E-state index contributed by atoms with van der Waals surface area (Å²) in [6, 6.07) is 14.9. The van der Waals surface area contributed by atoms with Crippen LogP contribution in [0.3, 0.4) is 0 Å². The van der Waals surface area contributed by atoms with Gasteiger partial charge in [-0.1, -0.05) is 18.2 Å². The maximum absolute atomic E-state index is 10.6. The Kier molecular flexibility index (Phi) is 6.09. The molecule has 0 spiro atoms. The lowest BCUT2D eigenvalue weighted by molar-refractivity contribution is -0.384. The van der Waals surface area contributed by atoms with Gasteiger partial charge in [-0.05, 0) is 24.3 Å². The fourth-order valence-corrected chi connectivity index (χ4v) is 1.82. The van der Waals surface area contributed by atoms with Gasteiger partial charge in [-0.3, -0.25) is 15.1 Å². The average molecular weight is 330 g/mol. The molecule has 2 rings (SSSR count). The van der Waals surface area contributed by atoms with E-state index in [4.69, 9.17) is 10.5 Å². The molecule has 0 aliphatic carbocycles. The number of para-hydroxylation sites is 1. The highest BCUT2D eigenvalue weighted by molar-refractivity contribution is 5.92. The van der Waals surface area contributed by atoms with Crippen LogP contribution in [0.15, 0.2) is 59.6 Å². The highest BCUT2D eigenvalue weighted by atomic mass is 16.6. The van der Waals surface area contributed by atoms with E-state index >= 15 is 0 Å². The van der Waals surface area contributed by atoms with Gasteiger partial charge in [0.15, 0.2) is 5.96 Å². The van der Waals surface area contributed by atoms with Crippen molar-refractivity contribution in [3.05, 3.63) is 64.7 Å². The predicted octanol–water partition coefficient (Wildman–Crippen LogP) is 1.76. The van der Waals surface area contributed by atoms with Gasteiger partial charge in [0, 0.05) is 17.8 Å². The molecule has 0 aromatic heterocycles. The van der Waals surface area contributed by atoms with E-state index in [9.17, 15) is 15.2 Å². The van der Waals surface area contributed by atoms with Crippen molar-refractivity contribution in [3.63, 3.8) is 0 Å². The van der Waals surface area contributed by atoms with Gasteiger partial charge in [-0.2, -0.15) is 0 Å². The van der Waals surface area contributed by atoms with Crippen molar-refractivity contribution >= 4 is 17.3 Å². The van der Waals surface area contributed by atoms with Crippen molar-refractivity contribution in [3.8, 4) is 5.75 Å². The lowest BCUT2D eigenvalue weighted by atomic mass is 10.3. The Morgan fingerprint density at radius 3 is 2.54 bits per heavy atom. The fraction of sp³-hybridized carbons (Fsp3) is 0.188. The van der Waals surface area contributed by atoms with Crippen molar-refractivity contribution in [1.29, 1.82) is 0 Å². The van der Waals surface area contributed by atoms with Crippen LogP contribution in [0.1, 0.15) is 0 Å². The zero-order valence-electron chi connectivity index (χ0n) is 12.8. The van der Waals surface area contributed by atoms with E-state index in [2.05, 4.69) is 10.3 Å². The Labute approximate surface area is 138 Å². The number of hydrogen-bond donors (Lipinski definition) is 3. The summed E-state index contributed by atoms with van der Waals surface area (Å²) in [4.78, 5) is 14.1. The van der Waals surface area contributed by atoms with Gasteiger partial charge in [0.25, 0.3) is 5.69 Å². The number of nitrogens with two attached hydrogens (primary N) is 1. The fourth-order valence-electron chi connectivity index (χ4n) is 1.82. The number of aliphatic imine (C=N–C) groups is 1. The number of non-ortho nitro benzene ring substituents is 1. The highest BCUT2D eigenvalue weighted by Crippen LogP contribution is 2.17. The minimum Gasteiger partial charge on any atom is -0.491 e. The summed E-state index contributed by atoms with van der Waals surface area (Å²) in [6.45, 7) is 0.0680. The first-order chi connectivity index (χ1) is 11.5.